The third-order valence-corrected chi connectivity index (χ3v) is 3.19. The van der Waals surface area contributed by atoms with Gasteiger partial charge >= 0.3 is 0 Å². The first-order chi connectivity index (χ1) is 9.12. The SMILES string of the molecule is CCN(CC(N)=NO)CC1Cc2cc(F)ccc2O1. The molecule has 2 rings (SSSR count). The summed E-state index contributed by atoms with van der Waals surface area (Å²) in [6.07, 6.45) is 0.656. The normalized spacial score (nSPS) is 18.5. The Hall–Kier alpha value is -1.82. The molecule has 5 nitrogen and oxygen atoms in total. The number of nitrogens with two attached hydrogens (primary N) is 1. The van der Waals surface area contributed by atoms with Gasteiger partial charge in [-0.25, -0.2) is 4.39 Å². The van der Waals surface area contributed by atoms with Crippen LogP contribution in [0.5, 0.6) is 5.75 Å². The fraction of sp³-hybridized carbons (Fsp3) is 0.462. The number of halogens is 1. The second-order valence-corrected chi connectivity index (χ2v) is 4.62. The molecule has 0 aliphatic carbocycles. The third-order valence-electron chi connectivity index (χ3n) is 3.19. The smallest absolute Gasteiger partial charge is 0.153 e. The first-order valence-corrected chi connectivity index (χ1v) is 6.26. The Kier molecular flexibility index (Phi) is 4.21. The summed E-state index contributed by atoms with van der Waals surface area (Å²) in [7, 11) is 0. The Morgan fingerprint density at radius 1 is 1.63 bits per heavy atom. The zero-order valence-corrected chi connectivity index (χ0v) is 10.8. The van der Waals surface area contributed by atoms with E-state index in [0.717, 1.165) is 17.9 Å². The second kappa shape index (κ2) is 5.88. The van der Waals surface area contributed by atoms with E-state index < -0.39 is 0 Å². The van der Waals surface area contributed by atoms with Crippen molar-refractivity contribution in [3.8, 4) is 5.75 Å². The number of rotatable bonds is 5. The van der Waals surface area contributed by atoms with Crippen molar-refractivity contribution in [2.75, 3.05) is 19.6 Å². The molecule has 1 unspecified atom stereocenters. The van der Waals surface area contributed by atoms with Crippen LogP contribution < -0.4 is 10.5 Å². The molecule has 0 aromatic heterocycles. The minimum Gasteiger partial charge on any atom is -0.488 e. The molecular weight excluding hydrogens is 249 g/mol. The van der Waals surface area contributed by atoms with Gasteiger partial charge in [-0.3, -0.25) is 4.90 Å². The predicted molar refractivity (Wildman–Crippen MR) is 70.0 cm³/mol. The number of hydrogen-bond donors (Lipinski definition) is 2. The lowest BCUT2D eigenvalue weighted by molar-refractivity contribution is 0.164. The first-order valence-electron chi connectivity index (χ1n) is 6.26. The molecule has 3 N–H and O–H groups in total. The number of likely N-dealkylation sites (N-methyl/N-ethyl adjacent to an activating group) is 1. The van der Waals surface area contributed by atoms with Gasteiger partial charge in [-0.15, -0.1) is 0 Å². The van der Waals surface area contributed by atoms with Crippen molar-refractivity contribution >= 4 is 5.84 Å². The largest absolute Gasteiger partial charge is 0.488 e. The molecule has 0 fully saturated rings. The zero-order valence-electron chi connectivity index (χ0n) is 10.8. The van der Waals surface area contributed by atoms with E-state index >= 15 is 0 Å². The molecule has 0 saturated carbocycles. The van der Waals surface area contributed by atoms with E-state index in [2.05, 4.69) is 5.16 Å². The Morgan fingerprint density at radius 3 is 3.11 bits per heavy atom. The van der Waals surface area contributed by atoms with Gasteiger partial charge in [-0.05, 0) is 24.7 Å². The van der Waals surface area contributed by atoms with Gasteiger partial charge in [0, 0.05) is 18.5 Å². The summed E-state index contributed by atoms with van der Waals surface area (Å²) in [4.78, 5) is 2.02. The van der Waals surface area contributed by atoms with Crippen LogP contribution in [0.3, 0.4) is 0 Å². The fourth-order valence-electron chi connectivity index (χ4n) is 2.24. The Labute approximate surface area is 111 Å². The standard InChI is InChI=1S/C13H18FN3O2/c1-2-17(8-13(15)16-18)7-11-6-9-5-10(14)3-4-12(9)19-11/h3-5,11,18H,2,6-8H2,1H3,(H2,15,16). The first kappa shape index (κ1) is 13.6. The minimum absolute atomic E-state index is 0.0248. The molecule has 0 bridgehead atoms. The maximum Gasteiger partial charge on any atom is 0.153 e. The fourth-order valence-corrected chi connectivity index (χ4v) is 2.24. The van der Waals surface area contributed by atoms with Gasteiger partial charge in [0.25, 0.3) is 0 Å². The number of amidine groups is 1. The molecule has 1 heterocycles. The van der Waals surface area contributed by atoms with E-state index in [4.69, 9.17) is 15.7 Å². The van der Waals surface area contributed by atoms with Crippen LogP contribution in [0.4, 0.5) is 4.39 Å². The van der Waals surface area contributed by atoms with Crippen LogP contribution in [-0.2, 0) is 6.42 Å². The number of oxime groups is 1. The number of hydrogen-bond acceptors (Lipinski definition) is 4. The molecule has 19 heavy (non-hydrogen) atoms. The van der Waals surface area contributed by atoms with Crippen molar-refractivity contribution in [3.63, 3.8) is 0 Å². The Bertz CT molecular complexity index is 479. The van der Waals surface area contributed by atoms with Crippen LogP contribution in [0.1, 0.15) is 12.5 Å². The van der Waals surface area contributed by atoms with Crippen LogP contribution in [0, 0.1) is 5.82 Å². The highest BCUT2D eigenvalue weighted by Crippen LogP contribution is 2.29. The van der Waals surface area contributed by atoms with Crippen molar-refractivity contribution in [1.82, 2.24) is 4.90 Å². The molecule has 104 valence electrons. The lowest BCUT2D eigenvalue weighted by atomic mass is 10.1. The van der Waals surface area contributed by atoms with Crippen LogP contribution >= 0.6 is 0 Å². The molecule has 0 saturated heterocycles. The van der Waals surface area contributed by atoms with Crippen molar-refractivity contribution in [3.05, 3.63) is 29.6 Å². The molecule has 0 radical (unpaired) electrons. The van der Waals surface area contributed by atoms with Crippen LogP contribution in [0.15, 0.2) is 23.4 Å². The van der Waals surface area contributed by atoms with Crippen molar-refractivity contribution < 1.29 is 14.3 Å². The maximum atomic E-state index is 13.1. The molecule has 1 aliphatic rings. The third kappa shape index (κ3) is 3.35. The van der Waals surface area contributed by atoms with Crippen molar-refractivity contribution in [2.45, 2.75) is 19.4 Å². The molecule has 1 atom stereocenters. The molecular formula is C13H18FN3O2. The zero-order chi connectivity index (χ0) is 13.8. The van der Waals surface area contributed by atoms with Crippen LogP contribution in [0.25, 0.3) is 0 Å². The maximum absolute atomic E-state index is 13.1. The molecule has 6 heteroatoms. The summed E-state index contributed by atoms with van der Waals surface area (Å²) < 4.78 is 18.9. The summed E-state index contributed by atoms with van der Waals surface area (Å²) in [6, 6.07) is 4.56. The quantitative estimate of drug-likeness (QED) is 0.364. The minimum atomic E-state index is -0.244. The molecule has 1 aromatic rings. The number of benzene rings is 1. The summed E-state index contributed by atoms with van der Waals surface area (Å²) in [5.41, 5.74) is 6.39. The molecule has 0 spiro atoms. The highest BCUT2D eigenvalue weighted by atomic mass is 19.1. The van der Waals surface area contributed by atoms with Gasteiger partial charge in [0.15, 0.2) is 5.84 Å². The highest BCUT2D eigenvalue weighted by molar-refractivity contribution is 5.81. The predicted octanol–water partition coefficient (Wildman–Crippen LogP) is 1.20. The van der Waals surface area contributed by atoms with E-state index in [1.165, 1.54) is 12.1 Å². The van der Waals surface area contributed by atoms with E-state index in [0.29, 0.717) is 19.5 Å². The van der Waals surface area contributed by atoms with Gasteiger partial charge in [0.2, 0.25) is 0 Å². The number of fused-ring (bicyclic) bond motifs is 1. The van der Waals surface area contributed by atoms with Crippen LogP contribution in [0.2, 0.25) is 0 Å². The van der Waals surface area contributed by atoms with Crippen molar-refractivity contribution in [1.29, 1.82) is 0 Å². The van der Waals surface area contributed by atoms with Gasteiger partial charge in [0.05, 0.1) is 6.54 Å². The lowest BCUT2D eigenvalue weighted by Gasteiger charge is -2.22. The van der Waals surface area contributed by atoms with E-state index in [1.807, 2.05) is 11.8 Å². The summed E-state index contributed by atoms with van der Waals surface area (Å²) in [5.74, 6) is 0.668. The number of nitrogens with zero attached hydrogens (tertiary/aromatic N) is 2. The van der Waals surface area contributed by atoms with Gasteiger partial charge < -0.3 is 15.7 Å². The highest BCUT2D eigenvalue weighted by Gasteiger charge is 2.25. The van der Waals surface area contributed by atoms with Gasteiger partial charge in [-0.2, -0.15) is 0 Å². The van der Waals surface area contributed by atoms with Crippen molar-refractivity contribution in [2.24, 2.45) is 10.9 Å². The molecule has 1 aromatic carbocycles. The Balaban J connectivity index is 1.95. The number of ether oxygens (including phenoxy) is 1. The average Bonchev–Trinajstić information content (AvgIpc) is 2.79. The second-order valence-electron chi connectivity index (χ2n) is 4.62. The summed E-state index contributed by atoms with van der Waals surface area (Å²) in [6.45, 7) is 3.80. The monoisotopic (exact) mass is 267 g/mol. The van der Waals surface area contributed by atoms with Gasteiger partial charge in [0.1, 0.15) is 17.7 Å². The van der Waals surface area contributed by atoms with E-state index in [1.54, 1.807) is 6.07 Å². The summed E-state index contributed by atoms with van der Waals surface area (Å²) in [5, 5.41) is 11.5. The lowest BCUT2D eigenvalue weighted by Crippen LogP contribution is -2.40. The van der Waals surface area contributed by atoms with E-state index in [-0.39, 0.29) is 17.8 Å². The molecule has 0 amide bonds. The van der Waals surface area contributed by atoms with E-state index in [9.17, 15) is 4.39 Å². The molecule has 1 aliphatic heterocycles. The van der Waals surface area contributed by atoms with Gasteiger partial charge in [-0.1, -0.05) is 12.1 Å². The topological polar surface area (TPSA) is 71.1 Å². The average molecular weight is 267 g/mol. The summed E-state index contributed by atoms with van der Waals surface area (Å²) >= 11 is 0. The van der Waals surface area contributed by atoms with Crippen LogP contribution in [-0.4, -0.2) is 41.7 Å². The Morgan fingerprint density at radius 2 is 2.42 bits per heavy atom.